The summed E-state index contributed by atoms with van der Waals surface area (Å²) in [7, 11) is 1.95. The third kappa shape index (κ3) is 2.08. The van der Waals surface area contributed by atoms with Gasteiger partial charge in [0, 0.05) is 11.6 Å². The molecule has 1 aromatic rings. The van der Waals surface area contributed by atoms with Gasteiger partial charge in [-0.05, 0) is 36.8 Å². The van der Waals surface area contributed by atoms with Gasteiger partial charge in [-0.25, -0.2) is 0 Å². The van der Waals surface area contributed by atoms with Crippen LogP contribution in [0, 0.1) is 6.92 Å². The minimum atomic E-state index is 0.445. The van der Waals surface area contributed by atoms with Gasteiger partial charge in [0.2, 0.25) is 0 Å². The Labute approximate surface area is 81.3 Å². The van der Waals surface area contributed by atoms with E-state index in [0.29, 0.717) is 6.04 Å². The molecule has 4 heteroatoms. The number of rotatable bonds is 3. The molecule has 1 heterocycles. The van der Waals surface area contributed by atoms with Gasteiger partial charge < -0.3 is 5.32 Å². The number of hydrogen-bond donors (Lipinski definition) is 1. The Bertz CT molecular complexity index is 257. The molecule has 12 heavy (non-hydrogen) atoms. The van der Waals surface area contributed by atoms with Gasteiger partial charge in [0.15, 0.2) is 0 Å². The molecule has 68 valence electrons. The summed E-state index contributed by atoms with van der Waals surface area (Å²) in [6.45, 7) is 5.06. The maximum atomic E-state index is 4.23. The van der Waals surface area contributed by atoms with Crippen LogP contribution >= 0.6 is 15.9 Å². The Hall–Kier alpha value is -0.350. The van der Waals surface area contributed by atoms with Crippen molar-refractivity contribution < 1.29 is 0 Å². The number of likely N-dealkylation sites (N-methyl/N-ethyl adjacent to an activating group) is 1. The lowest BCUT2D eigenvalue weighted by molar-refractivity contribution is 0.475. The molecule has 0 saturated carbocycles. The molecule has 0 amide bonds. The first-order valence-electron chi connectivity index (χ1n) is 4.00. The third-order valence-corrected chi connectivity index (χ3v) is 2.92. The molecule has 1 aromatic heterocycles. The Morgan fingerprint density at radius 2 is 2.42 bits per heavy atom. The fourth-order valence-electron chi connectivity index (χ4n) is 0.942. The SMILES string of the molecule is CNC(C)Cn1ncc(C)c1Br. The zero-order valence-corrected chi connectivity index (χ0v) is 9.22. The van der Waals surface area contributed by atoms with E-state index in [-0.39, 0.29) is 0 Å². The molecule has 0 bridgehead atoms. The van der Waals surface area contributed by atoms with Crippen molar-refractivity contribution in [2.45, 2.75) is 26.4 Å². The second kappa shape index (κ2) is 4.05. The zero-order chi connectivity index (χ0) is 9.14. The average molecular weight is 232 g/mol. The smallest absolute Gasteiger partial charge is 0.107 e. The number of halogens is 1. The predicted molar refractivity (Wildman–Crippen MR) is 53.2 cm³/mol. The molecule has 1 atom stereocenters. The van der Waals surface area contributed by atoms with Crippen molar-refractivity contribution in [1.29, 1.82) is 0 Å². The van der Waals surface area contributed by atoms with Gasteiger partial charge in [-0.15, -0.1) is 0 Å². The van der Waals surface area contributed by atoms with E-state index in [4.69, 9.17) is 0 Å². The second-order valence-electron chi connectivity index (χ2n) is 2.99. The summed E-state index contributed by atoms with van der Waals surface area (Å²) < 4.78 is 3.03. The Kier molecular flexibility index (Phi) is 3.29. The molecule has 0 spiro atoms. The average Bonchev–Trinajstić information content (AvgIpc) is 2.36. The van der Waals surface area contributed by atoms with Crippen LogP contribution in [0.5, 0.6) is 0 Å². The lowest BCUT2D eigenvalue weighted by Crippen LogP contribution is -2.27. The summed E-state index contributed by atoms with van der Waals surface area (Å²) in [5.41, 5.74) is 1.18. The van der Waals surface area contributed by atoms with E-state index in [2.05, 4.69) is 33.3 Å². The highest BCUT2D eigenvalue weighted by molar-refractivity contribution is 9.10. The van der Waals surface area contributed by atoms with Gasteiger partial charge in [-0.3, -0.25) is 4.68 Å². The summed E-state index contributed by atoms with van der Waals surface area (Å²) in [4.78, 5) is 0. The Morgan fingerprint density at radius 1 is 1.75 bits per heavy atom. The largest absolute Gasteiger partial charge is 0.315 e. The first-order chi connectivity index (χ1) is 5.65. The lowest BCUT2D eigenvalue weighted by atomic mass is 10.3. The van der Waals surface area contributed by atoms with E-state index >= 15 is 0 Å². The molecule has 0 aromatic carbocycles. The summed E-state index contributed by atoms with van der Waals surface area (Å²) in [5.74, 6) is 0. The van der Waals surface area contributed by atoms with Crippen LogP contribution in [-0.4, -0.2) is 22.9 Å². The fraction of sp³-hybridized carbons (Fsp3) is 0.625. The Balaban J connectivity index is 2.69. The highest BCUT2D eigenvalue weighted by Gasteiger charge is 2.06. The summed E-state index contributed by atoms with van der Waals surface area (Å²) in [6, 6.07) is 0.445. The van der Waals surface area contributed by atoms with Gasteiger partial charge in [-0.2, -0.15) is 5.10 Å². The van der Waals surface area contributed by atoms with Crippen molar-refractivity contribution in [2.24, 2.45) is 0 Å². The molecule has 0 radical (unpaired) electrons. The first kappa shape index (κ1) is 9.74. The fourth-order valence-corrected chi connectivity index (χ4v) is 1.28. The van der Waals surface area contributed by atoms with Crippen LogP contribution in [0.1, 0.15) is 12.5 Å². The van der Waals surface area contributed by atoms with Gasteiger partial charge in [0.05, 0.1) is 12.7 Å². The second-order valence-corrected chi connectivity index (χ2v) is 3.74. The van der Waals surface area contributed by atoms with Gasteiger partial charge in [-0.1, -0.05) is 0 Å². The molecule has 0 aliphatic carbocycles. The van der Waals surface area contributed by atoms with Crippen LogP contribution in [0.25, 0.3) is 0 Å². The predicted octanol–water partition coefficient (Wildman–Crippen LogP) is 1.56. The minimum absolute atomic E-state index is 0.445. The molecular formula is C8H14BrN3. The first-order valence-corrected chi connectivity index (χ1v) is 4.79. The van der Waals surface area contributed by atoms with E-state index in [1.165, 1.54) is 5.56 Å². The van der Waals surface area contributed by atoms with Crippen molar-refractivity contribution in [3.8, 4) is 0 Å². The van der Waals surface area contributed by atoms with Crippen molar-refractivity contribution in [1.82, 2.24) is 15.1 Å². The maximum absolute atomic E-state index is 4.23. The van der Waals surface area contributed by atoms with E-state index in [0.717, 1.165) is 11.1 Å². The van der Waals surface area contributed by atoms with Crippen molar-refractivity contribution in [3.63, 3.8) is 0 Å². The van der Waals surface area contributed by atoms with Crippen LogP contribution in [0.4, 0.5) is 0 Å². The standard InChI is InChI=1S/C8H14BrN3/c1-6-4-11-12(8(6)9)5-7(2)10-3/h4,7,10H,5H2,1-3H3. The number of hydrogen-bond acceptors (Lipinski definition) is 2. The van der Waals surface area contributed by atoms with E-state index in [1.807, 2.05) is 24.9 Å². The van der Waals surface area contributed by atoms with Crippen LogP contribution in [0.15, 0.2) is 10.8 Å². The van der Waals surface area contributed by atoms with E-state index < -0.39 is 0 Å². The molecule has 0 aliphatic rings. The molecule has 1 rings (SSSR count). The zero-order valence-electron chi connectivity index (χ0n) is 7.63. The topological polar surface area (TPSA) is 29.9 Å². The van der Waals surface area contributed by atoms with Crippen molar-refractivity contribution in [3.05, 3.63) is 16.4 Å². The van der Waals surface area contributed by atoms with Crippen molar-refractivity contribution in [2.75, 3.05) is 7.05 Å². The summed E-state index contributed by atoms with van der Waals surface area (Å²) >= 11 is 3.48. The van der Waals surface area contributed by atoms with Gasteiger partial charge in [0.1, 0.15) is 4.60 Å². The summed E-state index contributed by atoms with van der Waals surface area (Å²) in [6.07, 6.45) is 1.87. The van der Waals surface area contributed by atoms with E-state index in [1.54, 1.807) is 0 Å². The normalized spacial score (nSPS) is 13.3. The van der Waals surface area contributed by atoms with Crippen LogP contribution in [0.3, 0.4) is 0 Å². The highest BCUT2D eigenvalue weighted by atomic mass is 79.9. The molecular weight excluding hydrogens is 218 g/mol. The number of nitrogens with one attached hydrogen (secondary N) is 1. The van der Waals surface area contributed by atoms with Crippen LogP contribution in [0.2, 0.25) is 0 Å². The number of aromatic nitrogens is 2. The van der Waals surface area contributed by atoms with Crippen LogP contribution < -0.4 is 5.32 Å². The minimum Gasteiger partial charge on any atom is -0.315 e. The van der Waals surface area contributed by atoms with E-state index in [9.17, 15) is 0 Å². The number of nitrogens with zero attached hydrogens (tertiary/aromatic N) is 2. The molecule has 1 N–H and O–H groups in total. The van der Waals surface area contributed by atoms with Crippen LogP contribution in [-0.2, 0) is 6.54 Å². The molecule has 3 nitrogen and oxygen atoms in total. The van der Waals surface area contributed by atoms with Gasteiger partial charge >= 0.3 is 0 Å². The lowest BCUT2D eigenvalue weighted by Gasteiger charge is -2.10. The molecule has 0 fully saturated rings. The third-order valence-electron chi connectivity index (χ3n) is 1.88. The highest BCUT2D eigenvalue weighted by Crippen LogP contribution is 2.14. The monoisotopic (exact) mass is 231 g/mol. The maximum Gasteiger partial charge on any atom is 0.107 e. The van der Waals surface area contributed by atoms with Crippen molar-refractivity contribution >= 4 is 15.9 Å². The number of aryl methyl sites for hydroxylation is 1. The molecule has 0 aliphatic heterocycles. The van der Waals surface area contributed by atoms with Gasteiger partial charge in [0.25, 0.3) is 0 Å². The Morgan fingerprint density at radius 3 is 2.83 bits per heavy atom. The quantitative estimate of drug-likeness (QED) is 0.857. The molecule has 0 saturated heterocycles. The molecule has 1 unspecified atom stereocenters. The summed E-state index contributed by atoms with van der Waals surface area (Å²) in [5, 5.41) is 7.40.